The SMILES string of the molecule is NCCC(c1cc(Br)cs1)C1CC1. The fraction of sp³-hybridized carbons (Fsp3) is 0.600. The van der Waals surface area contributed by atoms with Crippen molar-refractivity contribution in [3.8, 4) is 0 Å². The summed E-state index contributed by atoms with van der Waals surface area (Å²) >= 11 is 5.36. The van der Waals surface area contributed by atoms with E-state index in [-0.39, 0.29) is 0 Å². The van der Waals surface area contributed by atoms with E-state index in [1.807, 2.05) is 11.3 Å². The van der Waals surface area contributed by atoms with Gasteiger partial charge < -0.3 is 5.73 Å². The molecule has 3 heteroatoms. The number of halogens is 1. The lowest BCUT2D eigenvalue weighted by molar-refractivity contribution is 0.574. The highest BCUT2D eigenvalue weighted by Gasteiger charge is 2.32. The Balaban J connectivity index is 2.10. The minimum Gasteiger partial charge on any atom is -0.330 e. The second kappa shape index (κ2) is 4.11. The van der Waals surface area contributed by atoms with Crippen LogP contribution in [0.4, 0.5) is 0 Å². The lowest BCUT2D eigenvalue weighted by Crippen LogP contribution is -2.07. The molecule has 0 aliphatic heterocycles. The van der Waals surface area contributed by atoms with Gasteiger partial charge in [-0.05, 0) is 59.6 Å². The van der Waals surface area contributed by atoms with Gasteiger partial charge >= 0.3 is 0 Å². The second-order valence-electron chi connectivity index (χ2n) is 3.69. The van der Waals surface area contributed by atoms with Crippen molar-refractivity contribution in [1.82, 2.24) is 0 Å². The quantitative estimate of drug-likeness (QED) is 0.882. The molecule has 1 aliphatic rings. The largest absolute Gasteiger partial charge is 0.330 e. The molecule has 1 fully saturated rings. The first-order chi connectivity index (χ1) is 6.31. The predicted octanol–water partition coefficient (Wildman–Crippen LogP) is 3.35. The Hall–Kier alpha value is 0.140. The van der Waals surface area contributed by atoms with Crippen LogP contribution in [0.2, 0.25) is 0 Å². The van der Waals surface area contributed by atoms with E-state index >= 15 is 0 Å². The molecule has 1 aromatic heterocycles. The van der Waals surface area contributed by atoms with E-state index in [1.54, 1.807) is 0 Å². The number of nitrogens with two attached hydrogens (primary N) is 1. The van der Waals surface area contributed by atoms with Crippen LogP contribution in [0.3, 0.4) is 0 Å². The number of rotatable bonds is 4. The van der Waals surface area contributed by atoms with Crippen LogP contribution < -0.4 is 5.73 Å². The van der Waals surface area contributed by atoms with Crippen LogP contribution in [0.15, 0.2) is 15.9 Å². The molecule has 0 saturated heterocycles. The molecule has 72 valence electrons. The molecule has 1 heterocycles. The van der Waals surface area contributed by atoms with Gasteiger partial charge in [0, 0.05) is 14.7 Å². The second-order valence-corrected chi connectivity index (χ2v) is 5.55. The molecule has 13 heavy (non-hydrogen) atoms. The molecule has 1 aromatic rings. The van der Waals surface area contributed by atoms with E-state index in [4.69, 9.17) is 5.73 Å². The van der Waals surface area contributed by atoms with Crippen molar-refractivity contribution in [1.29, 1.82) is 0 Å². The highest BCUT2D eigenvalue weighted by Crippen LogP contribution is 2.46. The van der Waals surface area contributed by atoms with E-state index in [0.717, 1.165) is 24.8 Å². The summed E-state index contributed by atoms with van der Waals surface area (Å²) in [7, 11) is 0. The van der Waals surface area contributed by atoms with Gasteiger partial charge in [0.1, 0.15) is 0 Å². The maximum absolute atomic E-state index is 5.63. The lowest BCUT2D eigenvalue weighted by Gasteiger charge is -2.12. The van der Waals surface area contributed by atoms with Crippen LogP contribution in [-0.4, -0.2) is 6.54 Å². The van der Waals surface area contributed by atoms with Crippen molar-refractivity contribution in [3.05, 3.63) is 20.8 Å². The van der Waals surface area contributed by atoms with Gasteiger partial charge in [0.2, 0.25) is 0 Å². The fourth-order valence-electron chi connectivity index (χ4n) is 1.81. The summed E-state index contributed by atoms with van der Waals surface area (Å²) in [6.45, 7) is 0.816. The minimum absolute atomic E-state index is 0.737. The van der Waals surface area contributed by atoms with Crippen molar-refractivity contribution in [2.24, 2.45) is 11.7 Å². The molecule has 1 aliphatic carbocycles. The summed E-state index contributed by atoms with van der Waals surface area (Å²) in [6, 6.07) is 2.25. The third kappa shape index (κ3) is 2.33. The Morgan fingerprint density at radius 2 is 2.38 bits per heavy atom. The van der Waals surface area contributed by atoms with Gasteiger partial charge in [-0.1, -0.05) is 0 Å². The summed E-state index contributed by atoms with van der Waals surface area (Å²) in [5.41, 5.74) is 5.63. The first-order valence-corrected chi connectivity index (χ1v) is 6.42. The molecular formula is C10H14BrNS. The first kappa shape index (κ1) is 9.69. The summed E-state index contributed by atoms with van der Waals surface area (Å²) < 4.78 is 1.22. The zero-order chi connectivity index (χ0) is 9.26. The summed E-state index contributed by atoms with van der Waals surface area (Å²) in [6.07, 6.45) is 3.96. The predicted molar refractivity (Wildman–Crippen MR) is 61.2 cm³/mol. The Bertz CT molecular complexity index is 280. The molecule has 1 unspecified atom stereocenters. The molecule has 2 rings (SSSR count). The Labute approximate surface area is 91.5 Å². The van der Waals surface area contributed by atoms with Gasteiger partial charge in [-0.3, -0.25) is 0 Å². The molecule has 0 spiro atoms. The molecule has 0 amide bonds. The molecule has 1 saturated carbocycles. The van der Waals surface area contributed by atoms with Crippen molar-refractivity contribution in [3.63, 3.8) is 0 Å². The van der Waals surface area contributed by atoms with Crippen LogP contribution in [0.5, 0.6) is 0 Å². The van der Waals surface area contributed by atoms with E-state index in [9.17, 15) is 0 Å². The molecule has 1 atom stereocenters. The minimum atomic E-state index is 0.737. The normalized spacial score (nSPS) is 18.9. The topological polar surface area (TPSA) is 26.0 Å². The highest BCUT2D eigenvalue weighted by molar-refractivity contribution is 9.10. The van der Waals surface area contributed by atoms with E-state index in [2.05, 4.69) is 27.4 Å². The van der Waals surface area contributed by atoms with Crippen LogP contribution in [0.1, 0.15) is 30.1 Å². The number of hydrogen-bond acceptors (Lipinski definition) is 2. The van der Waals surface area contributed by atoms with Crippen LogP contribution in [0.25, 0.3) is 0 Å². The Morgan fingerprint density at radius 3 is 2.85 bits per heavy atom. The zero-order valence-electron chi connectivity index (χ0n) is 7.50. The molecule has 1 nitrogen and oxygen atoms in total. The summed E-state index contributed by atoms with van der Waals surface area (Å²) in [5, 5.41) is 2.17. The fourth-order valence-corrected chi connectivity index (χ4v) is 3.49. The van der Waals surface area contributed by atoms with Crippen molar-refractivity contribution < 1.29 is 0 Å². The molecule has 0 bridgehead atoms. The maximum Gasteiger partial charge on any atom is 0.0285 e. The Kier molecular flexibility index (Phi) is 3.06. The standard InChI is InChI=1S/C10H14BrNS/c11-8-5-10(13-6-8)9(3-4-12)7-1-2-7/h5-7,9H,1-4,12H2. The Morgan fingerprint density at radius 1 is 1.62 bits per heavy atom. The highest BCUT2D eigenvalue weighted by atomic mass is 79.9. The van der Waals surface area contributed by atoms with Gasteiger partial charge in [0.05, 0.1) is 0 Å². The van der Waals surface area contributed by atoms with Gasteiger partial charge in [0.25, 0.3) is 0 Å². The van der Waals surface area contributed by atoms with Gasteiger partial charge in [-0.15, -0.1) is 11.3 Å². The molecule has 2 N–H and O–H groups in total. The van der Waals surface area contributed by atoms with E-state index in [0.29, 0.717) is 0 Å². The van der Waals surface area contributed by atoms with Gasteiger partial charge in [0.15, 0.2) is 0 Å². The van der Waals surface area contributed by atoms with Crippen molar-refractivity contribution >= 4 is 27.3 Å². The molecule has 0 aromatic carbocycles. The van der Waals surface area contributed by atoms with Crippen molar-refractivity contribution in [2.45, 2.75) is 25.2 Å². The van der Waals surface area contributed by atoms with Crippen molar-refractivity contribution in [2.75, 3.05) is 6.54 Å². The van der Waals surface area contributed by atoms with Crippen LogP contribution in [0, 0.1) is 5.92 Å². The average molecular weight is 260 g/mol. The van der Waals surface area contributed by atoms with E-state index < -0.39 is 0 Å². The number of thiophene rings is 1. The van der Waals surface area contributed by atoms with Gasteiger partial charge in [-0.2, -0.15) is 0 Å². The summed E-state index contributed by atoms with van der Waals surface area (Å²) in [5.74, 6) is 1.66. The average Bonchev–Trinajstić information content (AvgIpc) is 2.85. The summed E-state index contributed by atoms with van der Waals surface area (Å²) in [4.78, 5) is 1.51. The van der Waals surface area contributed by atoms with E-state index in [1.165, 1.54) is 22.2 Å². The monoisotopic (exact) mass is 259 g/mol. The molecular weight excluding hydrogens is 246 g/mol. The zero-order valence-corrected chi connectivity index (χ0v) is 9.90. The van der Waals surface area contributed by atoms with Crippen LogP contribution >= 0.6 is 27.3 Å². The first-order valence-electron chi connectivity index (χ1n) is 4.75. The lowest BCUT2D eigenvalue weighted by atomic mass is 9.98. The third-order valence-electron chi connectivity index (χ3n) is 2.62. The van der Waals surface area contributed by atoms with Crippen LogP contribution in [-0.2, 0) is 0 Å². The maximum atomic E-state index is 5.63. The third-order valence-corrected chi connectivity index (χ3v) is 4.45. The van der Waals surface area contributed by atoms with Gasteiger partial charge in [-0.25, -0.2) is 0 Å². The number of hydrogen-bond donors (Lipinski definition) is 1. The smallest absolute Gasteiger partial charge is 0.0285 e. The molecule has 0 radical (unpaired) electrons.